The number of fused-ring (bicyclic) bond motifs is 3. The molecule has 1 unspecified atom stereocenters. The molecule has 2 aromatic heterocycles. The topological polar surface area (TPSA) is 107 Å². The van der Waals surface area contributed by atoms with Crippen molar-refractivity contribution in [1.82, 2.24) is 14.5 Å². The molecular weight excluding hydrogens is 460 g/mol. The highest BCUT2D eigenvalue weighted by molar-refractivity contribution is 5.95. The number of carboxylic acids is 1. The van der Waals surface area contributed by atoms with E-state index in [-0.39, 0.29) is 30.2 Å². The average molecular weight is 493 g/mol. The summed E-state index contributed by atoms with van der Waals surface area (Å²) in [5.74, 6) is 0.435. The number of ether oxygens (including phenoxy) is 2. The zero-order valence-electron chi connectivity index (χ0n) is 20.9. The summed E-state index contributed by atoms with van der Waals surface area (Å²) in [6.45, 7) is 4.00. The molecule has 3 aromatic rings. The Morgan fingerprint density at radius 3 is 2.58 bits per heavy atom. The Kier molecular flexibility index (Phi) is 6.55. The average Bonchev–Trinajstić information content (AvgIpc) is 3.29. The summed E-state index contributed by atoms with van der Waals surface area (Å²) in [4.78, 5) is 35.1. The number of hydrogen-bond donors (Lipinski definition) is 1. The Bertz CT molecular complexity index is 1270. The molecule has 1 N–H and O–H groups in total. The molecule has 1 aliphatic carbocycles. The van der Waals surface area contributed by atoms with Crippen LogP contribution in [0.2, 0.25) is 0 Å². The molecule has 1 aromatic carbocycles. The standard InChI is InChI=1S/C27H32N4O5/c1-16-6-11-21-22(30(16)27(34)35-3)12-13-23-24(21)29-25(17(2)36-20-5-4-14-28-15-20)31(23)19-9-7-18(8-10-19)26(32)33/h4-5,12-19H,6-11H2,1-3H3,(H,32,33)/t16-,17?,18?,19?/m0/s1. The van der Waals surface area contributed by atoms with E-state index in [4.69, 9.17) is 14.5 Å². The third kappa shape index (κ3) is 4.27. The Morgan fingerprint density at radius 1 is 1.14 bits per heavy atom. The van der Waals surface area contributed by atoms with Gasteiger partial charge in [-0.25, -0.2) is 9.78 Å². The molecule has 2 atom stereocenters. The van der Waals surface area contributed by atoms with Crippen LogP contribution in [0.15, 0.2) is 36.7 Å². The molecule has 1 fully saturated rings. The van der Waals surface area contributed by atoms with Crippen LogP contribution in [0.3, 0.4) is 0 Å². The summed E-state index contributed by atoms with van der Waals surface area (Å²) >= 11 is 0. The molecule has 36 heavy (non-hydrogen) atoms. The van der Waals surface area contributed by atoms with Crippen molar-refractivity contribution < 1.29 is 24.2 Å². The summed E-state index contributed by atoms with van der Waals surface area (Å²) in [5, 5.41) is 9.49. The Balaban J connectivity index is 1.60. The summed E-state index contributed by atoms with van der Waals surface area (Å²) in [6.07, 6.45) is 7.07. The number of nitrogens with zero attached hydrogens (tertiary/aromatic N) is 4. The number of carbonyl (C=O) groups excluding carboxylic acids is 1. The van der Waals surface area contributed by atoms with Crippen LogP contribution >= 0.6 is 0 Å². The molecule has 190 valence electrons. The minimum Gasteiger partial charge on any atom is -0.481 e. The molecule has 5 rings (SSSR count). The number of rotatable bonds is 5. The van der Waals surface area contributed by atoms with E-state index in [1.54, 1.807) is 17.3 Å². The molecule has 0 radical (unpaired) electrons. The van der Waals surface area contributed by atoms with E-state index < -0.39 is 5.97 Å². The summed E-state index contributed by atoms with van der Waals surface area (Å²) < 4.78 is 13.6. The van der Waals surface area contributed by atoms with E-state index in [9.17, 15) is 14.7 Å². The fourth-order valence-corrected chi connectivity index (χ4v) is 5.72. The maximum absolute atomic E-state index is 12.6. The molecule has 3 heterocycles. The van der Waals surface area contributed by atoms with Crippen LogP contribution in [-0.4, -0.2) is 44.9 Å². The molecule has 2 aliphatic rings. The Morgan fingerprint density at radius 2 is 1.92 bits per heavy atom. The Labute approximate surface area is 210 Å². The summed E-state index contributed by atoms with van der Waals surface area (Å²) in [5.41, 5.74) is 3.72. The third-order valence-corrected chi connectivity index (χ3v) is 7.58. The predicted molar refractivity (Wildman–Crippen MR) is 134 cm³/mol. The van der Waals surface area contributed by atoms with Gasteiger partial charge >= 0.3 is 12.1 Å². The molecule has 0 saturated heterocycles. The van der Waals surface area contributed by atoms with Gasteiger partial charge in [-0.3, -0.25) is 14.7 Å². The second kappa shape index (κ2) is 9.79. The van der Waals surface area contributed by atoms with E-state index >= 15 is 0 Å². The van der Waals surface area contributed by atoms with E-state index in [1.807, 2.05) is 38.1 Å². The van der Waals surface area contributed by atoms with Crippen molar-refractivity contribution in [2.45, 2.75) is 70.6 Å². The molecule has 0 spiro atoms. The minimum atomic E-state index is -0.719. The van der Waals surface area contributed by atoms with E-state index in [0.717, 1.165) is 53.8 Å². The predicted octanol–water partition coefficient (Wildman–Crippen LogP) is 5.29. The highest BCUT2D eigenvalue weighted by Crippen LogP contribution is 2.41. The molecule has 1 aliphatic heterocycles. The molecule has 9 nitrogen and oxygen atoms in total. The van der Waals surface area contributed by atoms with Gasteiger partial charge in [-0.1, -0.05) is 0 Å². The zero-order chi connectivity index (χ0) is 25.4. The van der Waals surface area contributed by atoms with Gasteiger partial charge in [0, 0.05) is 23.8 Å². The van der Waals surface area contributed by atoms with Gasteiger partial charge in [0.25, 0.3) is 0 Å². The van der Waals surface area contributed by atoms with Crippen molar-refractivity contribution in [2.24, 2.45) is 5.92 Å². The van der Waals surface area contributed by atoms with Gasteiger partial charge in [0.1, 0.15) is 5.75 Å². The quantitative estimate of drug-likeness (QED) is 0.515. The number of benzene rings is 1. The first-order chi connectivity index (χ1) is 17.4. The van der Waals surface area contributed by atoms with Gasteiger partial charge in [-0.15, -0.1) is 0 Å². The number of aliphatic carboxylic acids is 1. The number of pyridine rings is 1. The lowest BCUT2D eigenvalue weighted by Crippen LogP contribution is -2.42. The number of imidazole rings is 1. The second-order valence-electron chi connectivity index (χ2n) is 9.79. The molecule has 1 saturated carbocycles. The maximum atomic E-state index is 12.6. The van der Waals surface area contributed by atoms with Crippen LogP contribution in [0, 0.1) is 5.92 Å². The number of aryl methyl sites for hydroxylation is 1. The van der Waals surface area contributed by atoms with Crippen LogP contribution in [0.1, 0.15) is 69.5 Å². The van der Waals surface area contributed by atoms with E-state index in [0.29, 0.717) is 18.6 Å². The van der Waals surface area contributed by atoms with Crippen molar-refractivity contribution in [2.75, 3.05) is 12.0 Å². The Hall–Kier alpha value is -3.62. The van der Waals surface area contributed by atoms with Gasteiger partial charge in [0.2, 0.25) is 0 Å². The SMILES string of the molecule is COC(=O)N1c2ccc3c(nc(C(C)Oc4cccnc4)n3C3CCC(C(=O)O)CC3)c2CC[C@@H]1C. The van der Waals surface area contributed by atoms with E-state index in [2.05, 4.69) is 9.55 Å². The first kappa shape index (κ1) is 24.1. The van der Waals surface area contributed by atoms with Gasteiger partial charge in [-0.2, -0.15) is 0 Å². The maximum Gasteiger partial charge on any atom is 0.414 e. The molecular formula is C27H32N4O5. The smallest absolute Gasteiger partial charge is 0.414 e. The fraction of sp³-hybridized carbons (Fsp3) is 0.481. The highest BCUT2D eigenvalue weighted by Gasteiger charge is 2.34. The van der Waals surface area contributed by atoms with Crippen LogP contribution in [0.25, 0.3) is 11.0 Å². The largest absolute Gasteiger partial charge is 0.481 e. The van der Waals surface area contributed by atoms with Crippen molar-refractivity contribution in [3.63, 3.8) is 0 Å². The zero-order valence-corrected chi connectivity index (χ0v) is 20.9. The number of carbonyl (C=O) groups is 2. The monoisotopic (exact) mass is 492 g/mol. The lowest BCUT2D eigenvalue weighted by atomic mass is 9.85. The minimum absolute atomic E-state index is 0.0306. The van der Waals surface area contributed by atoms with Crippen molar-refractivity contribution in [3.05, 3.63) is 48.0 Å². The number of aromatic nitrogens is 3. The number of anilines is 1. The lowest BCUT2D eigenvalue weighted by Gasteiger charge is -2.34. The van der Waals surface area contributed by atoms with Crippen molar-refractivity contribution in [3.8, 4) is 5.75 Å². The van der Waals surface area contributed by atoms with Crippen molar-refractivity contribution in [1.29, 1.82) is 0 Å². The van der Waals surface area contributed by atoms with Crippen LogP contribution in [-0.2, 0) is 16.0 Å². The molecule has 1 amide bonds. The lowest BCUT2D eigenvalue weighted by molar-refractivity contribution is -0.143. The highest BCUT2D eigenvalue weighted by atomic mass is 16.5. The van der Waals surface area contributed by atoms with E-state index in [1.165, 1.54) is 7.11 Å². The van der Waals surface area contributed by atoms with Gasteiger partial charge in [0.05, 0.1) is 35.9 Å². The molecule has 9 heteroatoms. The van der Waals surface area contributed by atoms with Gasteiger partial charge in [-0.05, 0) is 76.6 Å². The van der Waals surface area contributed by atoms with Crippen LogP contribution in [0.5, 0.6) is 5.75 Å². The third-order valence-electron chi connectivity index (χ3n) is 7.58. The van der Waals surface area contributed by atoms with Crippen molar-refractivity contribution >= 4 is 28.8 Å². The first-order valence-electron chi connectivity index (χ1n) is 12.6. The number of carboxylic acid groups (broad SMARTS) is 1. The van der Waals surface area contributed by atoms with Crippen LogP contribution in [0.4, 0.5) is 10.5 Å². The normalized spacial score (nSPS) is 22.6. The number of hydrogen-bond acceptors (Lipinski definition) is 6. The number of methoxy groups -OCH3 is 1. The van der Waals surface area contributed by atoms with Crippen LogP contribution < -0.4 is 9.64 Å². The second-order valence-corrected chi connectivity index (χ2v) is 9.79. The van der Waals surface area contributed by atoms with Gasteiger partial charge in [0.15, 0.2) is 11.9 Å². The molecule has 0 bridgehead atoms. The fourth-order valence-electron chi connectivity index (χ4n) is 5.72. The first-order valence-corrected chi connectivity index (χ1v) is 12.6. The summed E-state index contributed by atoms with van der Waals surface area (Å²) in [7, 11) is 1.40. The van der Waals surface area contributed by atoms with Gasteiger partial charge < -0.3 is 19.1 Å². The summed E-state index contributed by atoms with van der Waals surface area (Å²) in [6, 6.07) is 7.87. The number of amides is 1.